The Morgan fingerprint density at radius 3 is 2.90 bits per heavy atom. The van der Waals surface area contributed by atoms with Gasteiger partial charge in [-0.25, -0.2) is 9.97 Å². The highest BCUT2D eigenvalue weighted by Crippen LogP contribution is 2.37. The fraction of sp³-hybridized carbons (Fsp3) is 0.571. The highest BCUT2D eigenvalue weighted by atomic mass is 16.3. The first-order valence-electron chi connectivity index (χ1n) is 7.13. The minimum atomic E-state index is 0.000904. The van der Waals surface area contributed by atoms with Gasteiger partial charge in [-0.2, -0.15) is 0 Å². The molecule has 0 bridgehead atoms. The Kier molecular flexibility index (Phi) is 3.48. The van der Waals surface area contributed by atoms with Crippen molar-refractivity contribution in [3.63, 3.8) is 0 Å². The maximum absolute atomic E-state index is 9.67. The highest BCUT2D eigenvalue weighted by Gasteiger charge is 2.33. The zero-order valence-corrected chi connectivity index (χ0v) is 11.8. The predicted octanol–water partition coefficient (Wildman–Crippen LogP) is 1.74. The largest absolute Gasteiger partial charge is 0.396 e. The van der Waals surface area contributed by atoms with Crippen LogP contribution in [0.25, 0.3) is 5.65 Å². The lowest BCUT2D eigenvalue weighted by Crippen LogP contribution is -2.31. The van der Waals surface area contributed by atoms with Gasteiger partial charge in [0.2, 0.25) is 0 Å². The van der Waals surface area contributed by atoms with E-state index in [1.807, 2.05) is 23.8 Å². The average Bonchev–Trinajstić information content (AvgIpc) is 3.14. The lowest BCUT2D eigenvalue weighted by molar-refractivity contribution is 0.142. The summed E-state index contributed by atoms with van der Waals surface area (Å²) >= 11 is 0. The smallest absolute Gasteiger partial charge is 0.180 e. The molecule has 2 aromatic heterocycles. The molecule has 2 aromatic rings. The molecule has 0 atom stereocenters. The van der Waals surface area contributed by atoms with Gasteiger partial charge in [-0.3, -0.25) is 0 Å². The molecule has 3 rings (SSSR count). The van der Waals surface area contributed by atoms with Crippen molar-refractivity contribution in [2.45, 2.75) is 25.7 Å². The lowest BCUT2D eigenvalue weighted by atomic mass is 9.87. The molecular weight excluding hydrogens is 254 g/mol. The van der Waals surface area contributed by atoms with Crippen LogP contribution in [0.4, 0.5) is 11.6 Å². The number of fused-ring (bicyclic) bond motifs is 1. The van der Waals surface area contributed by atoms with Crippen molar-refractivity contribution in [3.05, 3.63) is 18.6 Å². The first-order chi connectivity index (χ1) is 9.76. The zero-order valence-electron chi connectivity index (χ0n) is 11.8. The number of hydrogen-bond acceptors (Lipinski definition) is 5. The Morgan fingerprint density at radius 2 is 2.20 bits per heavy atom. The first-order valence-corrected chi connectivity index (χ1v) is 7.13. The van der Waals surface area contributed by atoms with Crippen LogP contribution in [0.3, 0.4) is 0 Å². The summed E-state index contributed by atoms with van der Waals surface area (Å²) in [6, 6.07) is 0. The Labute approximate surface area is 118 Å². The van der Waals surface area contributed by atoms with Crippen molar-refractivity contribution in [2.75, 3.05) is 30.8 Å². The normalized spacial score (nSPS) is 17.5. The van der Waals surface area contributed by atoms with Crippen molar-refractivity contribution in [1.29, 1.82) is 0 Å². The molecule has 0 aromatic carbocycles. The number of hydrogen-bond donors (Lipinski definition) is 3. The van der Waals surface area contributed by atoms with Crippen molar-refractivity contribution in [3.8, 4) is 0 Å². The van der Waals surface area contributed by atoms with Crippen molar-refractivity contribution >= 4 is 17.3 Å². The van der Waals surface area contributed by atoms with E-state index in [9.17, 15) is 5.11 Å². The first kappa shape index (κ1) is 13.2. The lowest BCUT2D eigenvalue weighted by Gasteiger charge is -2.27. The van der Waals surface area contributed by atoms with Crippen LogP contribution < -0.4 is 10.6 Å². The summed E-state index contributed by atoms with van der Waals surface area (Å²) < 4.78 is 1.95. The van der Waals surface area contributed by atoms with Crippen molar-refractivity contribution < 1.29 is 5.11 Å². The molecule has 0 amide bonds. The van der Waals surface area contributed by atoms with E-state index in [-0.39, 0.29) is 12.0 Å². The van der Waals surface area contributed by atoms with Crippen LogP contribution >= 0.6 is 0 Å². The third-order valence-corrected chi connectivity index (χ3v) is 4.26. The summed E-state index contributed by atoms with van der Waals surface area (Å²) in [5.41, 5.74) is 0.816. The van der Waals surface area contributed by atoms with Gasteiger partial charge in [0.15, 0.2) is 11.5 Å². The van der Waals surface area contributed by atoms with Gasteiger partial charge in [0.1, 0.15) is 5.82 Å². The van der Waals surface area contributed by atoms with Crippen LogP contribution in [0.5, 0.6) is 0 Å². The number of aromatic nitrogens is 3. The molecule has 0 aliphatic heterocycles. The van der Waals surface area contributed by atoms with Gasteiger partial charge < -0.3 is 20.1 Å². The summed E-state index contributed by atoms with van der Waals surface area (Å²) in [5.74, 6) is 1.56. The van der Waals surface area contributed by atoms with Gasteiger partial charge in [0, 0.05) is 31.4 Å². The molecule has 0 spiro atoms. The second-order valence-electron chi connectivity index (χ2n) is 5.60. The molecular formula is C14H21N5O. The monoisotopic (exact) mass is 275 g/mol. The van der Waals surface area contributed by atoms with E-state index in [0.717, 1.165) is 36.7 Å². The van der Waals surface area contributed by atoms with E-state index in [0.29, 0.717) is 0 Å². The summed E-state index contributed by atoms with van der Waals surface area (Å²) in [5, 5.41) is 16.1. The summed E-state index contributed by atoms with van der Waals surface area (Å²) in [7, 11) is 1.85. The summed E-state index contributed by atoms with van der Waals surface area (Å²) in [4.78, 5) is 8.87. The molecule has 0 saturated heterocycles. The van der Waals surface area contributed by atoms with Crippen LogP contribution in [0.2, 0.25) is 0 Å². The molecule has 108 valence electrons. The maximum Gasteiger partial charge on any atom is 0.180 e. The second-order valence-corrected chi connectivity index (χ2v) is 5.60. The van der Waals surface area contributed by atoms with E-state index in [4.69, 9.17) is 0 Å². The molecule has 1 aliphatic rings. The van der Waals surface area contributed by atoms with Gasteiger partial charge in [-0.15, -0.1) is 0 Å². The van der Waals surface area contributed by atoms with E-state index < -0.39 is 0 Å². The Hall–Kier alpha value is -1.82. The van der Waals surface area contributed by atoms with E-state index in [2.05, 4.69) is 20.6 Å². The fourth-order valence-corrected chi connectivity index (χ4v) is 2.96. The van der Waals surface area contributed by atoms with Crippen molar-refractivity contribution in [2.24, 2.45) is 5.41 Å². The second kappa shape index (κ2) is 5.28. The van der Waals surface area contributed by atoms with E-state index in [1.54, 1.807) is 6.20 Å². The Bertz CT molecular complexity index is 588. The predicted molar refractivity (Wildman–Crippen MR) is 79.0 cm³/mol. The van der Waals surface area contributed by atoms with Gasteiger partial charge in [-0.05, 0) is 12.8 Å². The van der Waals surface area contributed by atoms with Crippen LogP contribution in [0.15, 0.2) is 18.6 Å². The van der Waals surface area contributed by atoms with Gasteiger partial charge in [-0.1, -0.05) is 12.8 Å². The number of nitrogens with zero attached hydrogens (tertiary/aromatic N) is 3. The minimum absolute atomic E-state index is 0.000904. The number of nitrogens with one attached hydrogen (secondary N) is 2. The molecule has 1 aliphatic carbocycles. The van der Waals surface area contributed by atoms with Crippen LogP contribution in [0, 0.1) is 5.41 Å². The Morgan fingerprint density at radius 1 is 1.40 bits per heavy atom. The summed E-state index contributed by atoms with van der Waals surface area (Å²) in [6.07, 6.45) is 10.1. The standard InChI is InChI=1S/C14H21N5O/c1-15-11-8-19-7-6-16-13(19)12(18-11)17-9-14(10-20)4-2-3-5-14/h6-8,15,20H,2-5,9-10H2,1H3,(H,17,18). The van der Waals surface area contributed by atoms with Gasteiger partial charge in [0.05, 0.1) is 12.8 Å². The van der Waals surface area contributed by atoms with E-state index in [1.165, 1.54) is 12.8 Å². The van der Waals surface area contributed by atoms with Crippen LogP contribution in [-0.4, -0.2) is 39.7 Å². The van der Waals surface area contributed by atoms with Crippen LogP contribution in [-0.2, 0) is 0 Å². The SMILES string of the molecule is CNc1cn2ccnc2c(NCC2(CO)CCCC2)n1. The number of rotatable bonds is 5. The van der Waals surface area contributed by atoms with E-state index >= 15 is 0 Å². The van der Waals surface area contributed by atoms with Crippen LogP contribution in [0.1, 0.15) is 25.7 Å². The molecule has 20 heavy (non-hydrogen) atoms. The maximum atomic E-state index is 9.67. The molecule has 6 nitrogen and oxygen atoms in total. The zero-order chi connectivity index (χ0) is 14.0. The average molecular weight is 275 g/mol. The topological polar surface area (TPSA) is 74.5 Å². The summed E-state index contributed by atoms with van der Waals surface area (Å²) in [6.45, 7) is 0.975. The fourth-order valence-electron chi connectivity index (χ4n) is 2.96. The third-order valence-electron chi connectivity index (χ3n) is 4.26. The quantitative estimate of drug-likeness (QED) is 0.775. The molecule has 3 N–H and O–H groups in total. The molecule has 0 unspecified atom stereocenters. The molecule has 0 radical (unpaired) electrons. The third kappa shape index (κ3) is 2.31. The number of aliphatic hydroxyl groups is 1. The van der Waals surface area contributed by atoms with Gasteiger partial charge >= 0.3 is 0 Å². The number of anilines is 2. The molecule has 6 heteroatoms. The number of aliphatic hydroxyl groups excluding tert-OH is 1. The molecule has 1 fully saturated rings. The number of imidazole rings is 1. The molecule has 2 heterocycles. The van der Waals surface area contributed by atoms with Gasteiger partial charge in [0.25, 0.3) is 0 Å². The molecule has 1 saturated carbocycles. The highest BCUT2D eigenvalue weighted by molar-refractivity contribution is 5.65. The Balaban J connectivity index is 1.84. The minimum Gasteiger partial charge on any atom is -0.396 e. The van der Waals surface area contributed by atoms with Crippen molar-refractivity contribution in [1.82, 2.24) is 14.4 Å².